The Balaban J connectivity index is 1.61. The molecule has 22 heavy (non-hydrogen) atoms. The molecule has 4 rings (SSSR count). The first kappa shape index (κ1) is 14.2. The molecule has 0 amide bonds. The molecule has 0 saturated carbocycles. The number of aryl methyl sites for hydroxylation is 2. The van der Waals surface area contributed by atoms with Crippen LogP contribution in [0.15, 0.2) is 24.3 Å². The van der Waals surface area contributed by atoms with Gasteiger partial charge in [0.25, 0.3) is 0 Å². The highest BCUT2D eigenvalue weighted by Crippen LogP contribution is 2.46. The second-order valence-corrected chi connectivity index (χ2v) is 7.83. The Bertz CT molecular complexity index is 683. The van der Waals surface area contributed by atoms with Gasteiger partial charge in [0.05, 0.1) is 0 Å². The smallest absolute Gasteiger partial charge is 0.208 e. The average molecular weight is 314 g/mol. The molecule has 0 bridgehead atoms. The van der Waals surface area contributed by atoms with Gasteiger partial charge in [-0.15, -0.1) is 10.2 Å². The van der Waals surface area contributed by atoms with E-state index in [2.05, 4.69) is 58.2 Å². The number of nitrogens with zero attached hydrogens (tertiary/aromatic N) is 4. The largest absolute Gasteiger partial charge is 0.346 e. The molecular formula is C17H22N4S. The van der Waals surface area contributed by atoms with E-state index < -0.39 is 0 Å². The van der Waals surface area contributed by atoms with Crippen molar-refractivity contribution in [3.05, 3.63) is 40.4 Å². The van der Waals surface area contributed by atoms with E-state index >= 15 is 0 Å². The fraction of sp³-hybridized carbons (Fsp3) is 0.529. The quantitative estimate of drug-likeness (QED) is 0.853. The summed E-state index contributed by atoms with van der Waals surface area (Å²) >= 11 is 1.71. The maximum Gasteiger partial charge on any atom is 0.208 e. The van der Waals surface area contributed by atoms with Crippen LogP contribution in [0, 0.1) is 25.7 Å². The number of likely N-dealkylation sites (tertiary alicyclic amines) is 1. The highest BCUT2D eigenvalue weighted by atomic mass is 32.1. The number of rotatable bonds is 2. The summed E-state index contributed by atoms with van der Waals surface area (Å²) in [7, 11) is 2.27. The summed E-state index contributed by atoms with van der Waals surface area (Å²) in [5.41, 5.74) is 2.90. The second kappa shape index (κ2) is 5.32. The number of hydrogen-bond donors (Lipinski definition) is 0. The minimum atomic E-state index is 0.533. The maximum absolute atomic E-state index is 4.34. The Labute approximate surface area is 135 Å². The molecule has 116 valence electrons. The predicted molar refractivity (Wildman–Crippen MR) is 90.4 cm³/mol. The molecule has 2 fully saturated rings. The fourth-order valence-electron chi connectivity index (χ4n) is 4.21. The van der Waals surface area contributed by atoms with Crippen molar-refractivity contribution in [3.8, 4) is 0 Å². The van der Waals surface area contributed by atoms with Crippen molar-refractivity contribution in [2.24, 2.45) is 11.8 Å². The van der Waals surface area contributed by atoms with Crippen LogP contribution >= 0.6 is 11.3 Å². The summed E-state index contributed by atoms with van der Waals surface area (Å²) in [5, 5.41) is 10.7. The molecule has 2 aromatic rings. The van der Waals surface area contributed by atoms with E-state index in [1.165, 1.54) is 17.7 Å². The Hall–Kier alpha value is -1.46. The van der Waals surface area contributed by atoms with Crippen LogP contribution < -0.4 is 4.90 Å². The van der Waals surface area contributed by atoms with Crippen molar-refractivity contribution in [1.29, 1.82) is 0 Å². The molecule has 1 aromatic heterocycles. The first-order valence-electron chi connectivity index (χ1n) is 7.94. The van der Waals surface area contributed by atoms with Gasteiger partial charge in [0, 0.05) is 31.6 Å². The zero-order chi connectivity index (χ0) is 15.3. The predicted octanol–water partition coefficient (Wildman–Crippen LogP) is 2.89. The van der Waals surface area contributed by atoms with E-state index in [0.717, 1.165) is 29.1 Å². The molecule has 2 saturated heterocycles. The van der Waals surface area contributed by atoms with Crippen LogP contribution in [-0.2, 0) is 0 Å². The van der Waals surface area contributed by atoms with Gasteiger partial charge in [-0.3, -0.25) is 4.90 Å². The number of aromatic nitrogens is 2. The summed E-state index contributed by atoms with van der Waals surface area (Å²) in [6, 6.07) is 9.37. The van der Waals surface area contributed by atoms with Crippen LogP contribution in [0.1, 0.15) is 22.2 Å². The zero-order valence-corrected chi connectivity index (χ0v) is 14.2. The molecule has 1 aromatic carbocycles. The van der Waals surface area contributed by atoms with Gasteiger partial charge < -0.3 is 4.90 Å². The molecule has 4 nitrogen and oxygen atoms in total. The maximum atomic E-state index is 4.34. The van der Waals surface area contributed by atoms with Gasteiger partial charge in [-0.25, -0.2) is 0 Å². The molecule has 2 aliphatic rings. The van der Waals surface area contributed by atoms with Gasteiger partial charge in [0.1, 0.15) is 5.01 Å². The van der Waals surface area contributed by atoms with Crippen molar-refractivity contribution in [1.82, 2.24) is 15.1 Å². The summed E-state index contributed by atoms with van der Waals surface area (Å²) < 4.78 is 0. The first-order chi connectivity index (χ1) is 10.6. The third kappa shape index (κ3) is 2.23. The summed E-state index contributed by atoms with van der Waals surface area (Å²) in [6.45, 7) is 7.66. The molecule has 3 atom stereocenters. The molecule has 2 aliphatic heterocycles. The lowest BCUT2D eigenvalue weighted by Gasteiger charge is -2.27. The highest BCUT2D eigenvalue weighted by molar-refractivity contribution is 7.15. The summed E-state index contributed by atoms with van der Waals surface area (Å²) in [6.07, 6.45) is 0. The van der Waals surface area contributed by atoms with Crippen LogP contribution in [0.3, 0.4) is 0 Å². The standard InChI is InChI=1S/C17H22N4S/c1-11-6-4-5-7-14(11)16-15-10-21(9-13(15)8-20(16)3)17-19-18-12(2)22-17/h4-7,13,15-16H,8-10H2,1-3H3/t13-,15+,16+/m0/s1. The lowest BCUT2D eigenvalue weighted by molar-refractivity contribution is 0.279. The lowest BCUT2D eigenvalue weighted by atomic mass is 9.88. The van der Waals surface area contributed by atoms with Gasteiger partial charge in [-0.2, -0.15) is 0 Å². The molecular weight excluding hydrogens is 292 g/mol. The molecule has 0 spiro atoms. The van der Waals surface area contributed by atoms with Crippen LogP contribution in [0.5, 0.6) is 0 Å². The van der Waals surface area contributed by atoms with Crippen LogP contribution in [0.25, 0.3) is 0 Å². The number of anilines is 1. The molecule has 5 heteroatoms. The van der Waals surface area contributed by atoms with Gasteiger partial charge in [-0.1, -0.05) is 35.6 Å². The van der Waals surface area contributed by atoms with Gasteiger partial charge in [-0.05, 0) is 37.9 Å². The molecule has 0 radical (unpaired) electrons. The van der Waals surface area contributed by atoms with Crippen molar-refractivity contribution in [3.63, 3.8) is 0 Å². The van der Waals surface area contributed by atoms with Crippen molar-refractivity contribution >= 4 is 16.5 Å². The fourth-order valence-corrected chi connectivity index (χ4v) is 4.92. The van der Waals surface area contributed by atoms with E-state index in [-0.39, 0.29) is 0 Å². The van der Waals surface area contributed by atoms with E-state index in [4.69, 9.17) is 0 Å². The molecule has 0 unspecified atom stereocenters. The van der Waals surface area contributed by atoms with E-state index in [9.17, 15) is 0 Å². The Morgan fingerprint density at radius 2 is 1.91 bits per heavy atom. The minimum Gasteiger partial charge on any atom is -0.346 e. The minimum absolute atomic E-state index is 0.533. The SMILES string of the molecule is Cc1nnc(N2C[C@@H]3CN(C)[C@H](c4ccccc4C)[C@@H]3C2)s1. The number of benzene rings is 1. The Kier molecular flexibility index (Phi) is 3.42. The van der Waals surface area contributed by atoms with Gasteiger partial charge in [0.2, 0.25) is 5.13 Å². The van der Waals surface area contributed by atoms with Crippen LogP contribution in [0.2, 0.25) is 0 Å². The number of fused-ring (bicyclic) bond motifs is 1. The van der Waals surface area contributed by atoms with E-state index in [1.807, 2.05) is 6.92 Å². The third-order valence-corrected chi connectivity index (χ3v) is 6.09. The van der Waals surface area contributed by atoms with E-state index in [1.54, 1.807) is 11.3 Å². The van der Waals surface area contributed by atoms with Gasteiger partial charge in [0.15, 0.2) is 0 Å². The average Bonchev–Trinajstić information content (AvgIpc) is 3.14. The van der Waals surface area contributed by atoms with Crippen LogP contribution in [0.4, 0.5) is 5.13 Å². The first-order valence-corrected chi connectivity index (χ1v) is 8.76. The molecule has 3 heterocycles. The monoisotopic (exact) mass is 314 g/mol. The normalized spacial score (nSPS) is 28.3. The summed E-state index contributed by atoms with van der Waals surface area (Å²) in [4.78, 5) is 4.98. The van der Waals surface area contributed by atoms with Gasteiger partial charge >= 0.3 is 0 Å². The van der Waals surface area contributed by atoms with Crippen molar-refractivity contribution in [2.45, 2.75) is 19.9 Å². The van der Waals surface area contributed by atoms with Crippen LogP contribution in [-0.4, -0.2) is 41.8 Å². The Morgan fingerprint density at radius 1 is 1.09 bits per heavy atom. The number of hydrogen-bond acceptors (Lipinski definition) is 5. The lowest BCUT2D eigenvalue weighted by Crippen LogP contribution is -2.29. The third-order valence-electron chi connectivity index (χ3n) is 5.19. The van der Waals surface area contributed by atoms with E-state index in [0.29, 0.717) is 12.0 Å². The molecule has 0 N–H and O–H groups in total. The van der Waals surface area contributed by atoms with Crippen molar-refractivity contribution in [2.75, 3.05) is 31.6 Å². The molecule has 0 aliphatic carbocycles. The Morgan fingerprint density at radius 3 is 2.64 bits per heavy atom. The topological polar surface area (TPSA) is 32.3 Å². The zero-order valence-electron chi connectivity index (χ0n) is 13.4. The summed E-state index contributed by atoms with van der Waals surface area (Å²) in [5.74, 6) is 1.43. The second-order valence-electron chi connectivity index (χ2n) is 6.67. The van der Waals surface area contributed by atoms with Crippen molar-refractivity contribution < 1.29 is 0 Å². The highest BCUT2D eigenvalue weighted by Gasteiger charge is 2.47.